The smallest absolute Gasteiger partial charge is 0.0604 e. The van der Waals surface area contributed by atoms with Crippen LogP contribution in [0.2, 0.25) is 0 Å². The molecule has 0 rings (SSSR count). The van der Waals surface area contributed by atoms with Gasteiger partial charge in [0.05, 0.1) is 6.61 Å². The minimum Gasteiger partial charge on any atom is -0.383 e. The summed E-state index contributed by atoms with van der Waals surface area (Å²) in [6, 6.07) is 0. The van der Waals surface area contributed by atoms with Crippen molar-refractivity contribution < 1.29 is 4.74 Å². The lowest BCUT2D eigenvalue weighted by atomic mass is 10.1. The van der Waals surface area contributed by atoms with Crippen LogP contribution in [0.5, 0.6) is 0 Å². The molecule has 0 bridgehead atoms. The summed E-state index contributed by atoms with van der Waals surface area (Å²) < 4.78 is 4.99. The molecule has 1 unspecified atom stereocenters. The van der Waals surface area contributed by atoms with Crippen molar-refractivity contribution in [3.05, 3.63) is 0 Å². The van der Waals surface area contributed by atoms with Crippen molar-refractivity contribution in [3.63, 3.8) is 0 Å². The topological polar surface area (TPSA) is 9.23 Å². The highest BCUT2D eigenvalue weighted by Gasteiger charge is 2.14. The number of rotatable bonds is 3. The van der Waals surface area contributed by atoms with E-state index in [1.807, 2.05) is 0 Å². The van der Waals surface area contributed by atoms with Crippen molar-refractivity contribution in [1.82, 2.24) is 0 Å². The molecule has 0 aliphatic rings. The number of hydrogen-bond acceptors (Lipinski definition) is 2. The van der Waals surface area contributed by atoms with Crippen LogP contribution in [0.15, 0.2) is 0 Å². The van der Waals surface area contributed by atoms with E-state index in [1.54, 1.807) is 7.11 Å². The predicted molar refractivity (Wildman–Crippen MR) is 39.6 cm³/mol. The van der Waals surface area contributed by atoms with E-state index in [0.29, 0.717) is 0 Å². The molecule has 0 radical (unpaired) electrons. The molecule has 2 heteroatoms. The first kappa shape index (κ1) is 8.31. The number of methoxy groups -OCH3 is 1. The summed E-state index contributed by atoms with van der Waals surface area (Å²) in [4.78, 5) is 0. The van der Waals surface area contributed by atoms with E-state index in [1.165, 1.54) is 0 Å². The molecule has 0 saturated carbocycles. The van der Waals surface area contributed by atoms with Crippen molar-refractivity contribution in [2.75, 3.05) is 13.7 Å². The van der Waals surface area contributed by atoms with Crippen LogP contribution in [0.1, 0.15) is 20.3 Å². The third-order valence-corrected chi connectivity index (χ3v) is 1.66. The Morgan fingerprint density at radius 1 is 1.62 bits per heavy atom. The van der Waals surface area contributed by atoms with Gasteiger partial charge >= 0.3 is 0 Å². The molecule has 0 aromatic rings. The van der Waals surface area contributed by atoms with Gasteiger partial charge in [0.2, 0.25) is 0 Å². The zero-order valence-electron chi connectivity index (χ0n) is 5.77. The molecule has 0 heterocycles. The standard InChI is InChI=1S/C6H14OS/c1-4-6(2,8)5-7-3/h8H,4-5H2,1-3H3. The van der Waals surface area contributed by atoms with Gasteiger partial charge in [0.1, 0.15) is 0 Å². The maximum absolute atomic E-state index is 4.92. The van der Waals surface area contributed by atoms with Crippen LogP contribution in [0.4, 0.5) is 0 Å². The second kappa shape index (κ2) is 3.36. The lowest BCUT2D eigenvalue weighted by Crippen LogP contribution is -2.21. The fraction of sp³-hybridized carbons (Fsp3) is 1.00. The van der Waals surface area contributed by atoms with Crippen LogP contribution in [0.25, 0.3) is 0 Å². The third kappa shape index (κ3) is 3.33. The van der Waals surface area contributed by atoms with Gasteiger partial charge < -0.3 is 4.74 Å². The fourth-order valence-electron chi connectivity index (χ4n) is 0.413. The molecule has 0 aliphatic heterocycles. The first-order valence-corrected chi connectivity index (χ1v) is 3.28. The van der Waals surface area contributed by atoms with Crippen molar-refractivity contribution in [3.8, 4) is 0 Å². The molecule has 50 valence electrons. The van der Waals surface area contributed by atoms with Gasteiger partial charge in [-0.3, -0.25) is 0 Å². The van der Waals surface area contributed by atoms with Gasteiger partial charge in [0.25, 0.3) is 0 Å². The van der Waals surface area contributed by atoms with Crippen LogP contribution in [-0.2, 0) is 4.74 Å². The summed E-state index contributed by atoms with van der Waals surface area (Å²) in [6.45, 7) is 4.90. The van der Waals surface area contributed by atoms with Crippen LogP contribution >= 0.6 is 12.6 Å². The summed E-state index contributed by atoms with van der Waals surface area (Å²) in [6.07, 6.45) is 1.05. The molecule has 0 aromatic heterocycles. The van der Waals surface area contributed by atoms with Gasteiger partial charge in [0.15, 0.2) is 0 Å². The zero-order valence-corrected chi connectivity index (χ0v) is 6.66. The Bertz CT molecular complexity index is 61.5. The van der Waals surface area contributed by atoms with E-state index in [9.17, 15) is 0 Å². The Kier molecular flexibility index (Phi) is 3.49. The second-order valence-corrected chi connectivity index (χ2v) is 3.36. The third-order valence-electron chi connectivity index (χ3n) is 1.22. The minimum atomic E-state index is 0.0642. The molecule has 1 atom stereocenters. The average molecular weight is 134 g/mol. The van der Waals surface area contributed by atoms with Crippen molar-refractivity contribution in [1.29, 1.82) is 0 Å². The van der Waals surface area contributed by atoms with Gasteiger partial charge in [-0.2, -0.15) is 12.6 Å². The zero-order chi connectivity index (χ0) is 6.62. The molecular weight excluding hydrogens is 120 g/mol. The number of ether oxygens (including phenoxy) is 1. The van der Waals surface area contributed by atoms with E-state index in [-0.39, 0.29) is 4.75 Å². The Balaban J connectivity index is 3.37. The van der Waals surface area contributed by atoms with Gasteiger partial charge in [-0.15, -0.1) is 0 Å². The van der Waals surface area contributed by atoms with Gasteiger partial charge in [-0.25, -0.2) is 0 Å². The van der Waals surface area contributed by atoms with E-state index in [4.69, 9.17) is 4.74 Å². The van der Waals surface area contributed by atoms with Crippen molar-refractivity contribution in [2.45, 2.75) is 25.0 Å². The quantitative estimate of drug-likeness (QED) is 0.578. The number of thiol groups is 1. The summed E-state index contributed by atoms with van der Waals surface area (Å²) in [5.74, 6) is 0. The largest absolute Gasteiger partial charge is 0.383 e. The first-order chi connectivity index (χ1) is 3.62. The Labute approximate surface area is 56.8 Å². The van der Waals surface area contributed by atoms with Crippen LogP contribution in [0.3, 0.4) is 0 Å². The van der Waals surface area contributed by atoms with E-state index < -0.39 is 0 Å². The summed E-state index contributed by atoms with van der Waals surface area (Å²) in [7, 11) is 1.70. The van der Waals surface area contributed by atoms with Crippen LogP contribution in [0, 0.1) is 0 Å². The maximum Gasteiger partial charge on any atom is 0.0604 e. The monoisotopic (exact) mass is 134 g/mol. The molecular formula is C6H14OS. The lowest BCUT2D eigenvalue weighted by molar-refractivity contribution is 0.172. The summed E-state index contributed by atoms with van der Waals surface area (Å²) in [5.41, 5.74) is 0. The maximum atomic E-state index is 4.92. The van der Waals surface area contributed by atoms with Crippen molar-refractivity contribution in [2.24, 2.45) is 0 Å². The van der Waals surface area contributed by atoms with E-state index in [2.05, 4.69) is 26.5 Å². The molecule has 0 aliphatic carbocycles. The normalized spacial score (nSPS) is 18.0. The molecule has 0 spiro atoms. The van der Waals surface area contributed by atoms with E-state index in [0.717, 1.165) is 13.0 Å². The van der Waals surface area contributed by atoms with Gasteiger partial charge in [-0.05, 0) is 13.3 Å². The van der Waals surface area contributed by atoms with Gasteiger partial charge in [0, 0.05) is 11.9 Å². The summed E-state index contributed by atoms with van der Waals surface area (Å²) >= 11 is 4.34. The summed E-state index contributed by atoms with van der Waals surface area (Å²) in [5, 5.41) is 0. The molecule has 0 fully saturated rings. The molecule has 8 heavy (non-hydrogen) atoms. The Morgan fingerprint density at radius 2 is 2.12 bits per heavy atom. The highest BCUT2D eigenvalue weighted by molar-refractivity contribution is 7.81. The van der Waals surface area contributed by atoms with Crippen LogP contribution < -0.4 is 0 Å². The first-order valence-electron chi connectivity index (χ1n) is 2.83. The molecule has 1 nitrogen and oxygen atoms in total. The Hall–Kier alpha value is 0.310. The highest BCUT2D eigenvalue weighted by Crippen LogP contribution is 2.16. The predicted octanol–water partition coefficient (Wildman–Crippen LogP) is 1.73. The fourth-order valence-corrected chi connectivity index (χ4v) is 0.542. The average Bonchev–Trinajstić information content (AvgIpc) is 1.67. The van der Waals surface area contributed by atoms with Crippen molar-refractivity contribution >= 4 is 12.6 Å². The highest BCUT2D eigenvalue weighted by atomic mass is 32.1. The lowest BCUT2D eigenvalue weighted by Gasteiger charge is -2.19. The number of hydrogen-bond donors (Lipinski definition) is 1. The molecule has 0 aromatic carbocycles. The van der Waals surface area contributed by atoms with Crippen LogP contribution in [-0.4, -0.2) is 18.5 Å². The molecule has 0 amide bonds. The SMILES string of the molecule is CCC(C)(S)COC. The second-order valence-electron chi connectivity index (χ2n) is 2.28. The Morgan fingerprint density at radius 3 is 2.25 bits per heavy atom. The molecule has 0 N–H and O–H groups in total. The minimum absolute atomic E-state index is 0.0642. The van der Waals surface area contributed by atoms with Gasteiger partial charge in [-0.1, -0.05) is 6.92 Å². The van der Waals surface area contributed by atoms with E-state index >= 15 is 0 Å². The molecule has 0 saturated heterocycles.